The largest absolute Gasteiger partial charge is 0.353 e. The molecule has 0 radical (unpaired) electrons. The number of guanidine groups is 1. The van der Waals surface area contributed by atoms with Crippen LogP contribution in [0.25, 0.3) is 0 Å². The summed E-state index contributed by atoms with van der Waals surface area (Å²) in [6.07, 6.45) is 1.79. The van der Waals surface area contributed by atoms with E-state index in [1.807, 2.05) is 25.5 Å². The van der Waals surface area contributed by atoms with Crippen LogP contribution in [0.3, 0.4) is 0 Å². The summed E-state index contributed by atoms with van der Waals surface area (Å²) in [5, 5.41) is 15.7. The number of thiazole rings is 1. The van der Waals surface area contributed by atoms with Gasteiger partial charge in [0.05, 0.1) is 12.2 Å². The predicted molar refractivity (Wildman–Crippen MR) is 109 cm³/mol. The lowest BCUT2D eigenvalue weighted by atomic mass is 10.4. The van der Waals surface area contributed by atoms with Crippen LogP contribution in [-0.4, -0.2) is 32.3 Å². The fraction of sp³-hybridized carbons (Fsp3) is 0.467. The SMILES string of the molecule is C=CCNC(=NCc1nnc(C)n1C)NCc1nc(C)c(C)s1.I. The van der Waals surface area contributed by atoms with Crippen molar-refractivity contribution in [3.05, 3.63) is 39.9 Å². The van der Waals surface area contributed by atoms with E-state index < -0.39 is 0 Å². The van der Waals surface area contributed by atoms with Crippen LogP contribution in [0.1, 0.15) is 27.2 Å². The zero-order chi connectivity index (χ0) is 16.8. The zero-order valence-corrected chi connectivity index (χ0v) is 17.6. The summed E-state index contributed by atoms with van der Waals surface area (Å²) in [6, 6.07) is 0. The van der Waals surface area contributed by atoms with Gasteiger partial charge in [-0.3, -0.25) is 0 Å². The van der Waals surface area contributed by atoms with Crippen molar-refractivity contribution in [2.75, 3.05) is 6.54 Å². The van der Waals surface area contributed by atoms with Crippen molar-refractivity contribution in [1.29, 1.82) is 0 Å². The lowest BCUT2D eigenvalue weighted by Crippen LogP contribution is -2.37. The van der Waals surface area contributed by atoms with Gasteiger partial charge in [0.2, 0.25) is 0 Å². The Morgan fingerprint density at radius 1 is 1.29 bits per heavy atom. The standard InChI is InChI=1S/C15H23N7S.HI/c1-6-7-16-15(17-8-13-21-20-12(4)22(13)5)18-9-14-19-10(2)11(3)23-14;/h6H,1,7-9H2,2-5H3,(H2,16,17,18);1H. The molecule has 0 spiro atoms. The molecule has 7 nitrogen and oxygen atoms in total. The van der Waals surface area contributed by atoms with Crippen LogP contribution in [0, 0.1) is 20.8 Å². The van der Waals surface area contributed by atoms with E-state index >= 15 is 0 Å². The average molecular weight is 461 g/mol. The minimum absolute atomic E-state index is 0. The number of aromatic nitrogens is 4. The molecule has 0 aliphatic carbocycles. The van der Waals surface area contributed by atoms with E-state index in [0.29, 0.717) is 25.6 Å². The number of aryl methyl sites for hydroxylation is 3. The minimum atomic E-state index is 0. The summed E-state index contributed by atoms with van der Waals surface area (Å²) in [5.74, 6) is 2.40. The van der Waals surface area contributed by atoms with Gasteiger partial charge in [0.15, 0.2) is 11.8 Å². The summed E-state index contributed by atoms with van der Waals surface area (Å²) < 4.78 is 1.93. The Balaban J connectivity index is 0.00000288. The van der Waals surface area contributed by atoms with Crippen LogP contribution in [0.4, 0.5) is 0 Å². The molecular weight excluding hydrogens is 437 g/mol. The summed E-state index contributed by atoms with van der Waals surface area (Å²) in [7, 11) is 1.94. The highest BCUT2D eigenvalue weighted by molar-refractivity contribution is 14.0. The molecule has 132 valence electrons. The second-order valence-corrected chi connectivity index (χ2v) is 6.45. The van der Waals surface area contributed by atoms with Crippen LogP contribution in [0.15, 0.2) is 17.6 Å². The molecule has 24 heavy (non-hydrogen) atoms. The summed E-state index contributed by atoms with van der Waals surface area (Å²) in [5.41, 5.74) is 1.08. The van der Waals surface area contributed by atoms with E-state index in [-0.39, 0.29) is 24.0 Å². The Kier molecular flexibility index (Phi) is 8.32. The predicted octanol–water partition coefficient (Wildman–Crippen LogP) is 2.24. The molecule has 0 fully saturated rings. The zero-order valence-electron chi connectivity index (χ0n) is 14.5. The Hall–Kier alpha value is -1.49. The quantitative estimate of drug-likeness (QED) is 0.299. The number of hydrogen-bond donors (Lipinski definition) is 2. The third kappa shape index (κ3) is 5.55. The molecule has 0 atom stereocenters. The molecule has 0 unspecified atom stereocenters. The van der Waals surface area contributed by atoms with Gasteiger partial charge in [-0.05, 0) is 20.8 Å². The summed E-state index contributed by atoms with van der Waals surface area (Å²) in [6.45, 7) is 11.5. The van der Waals surface area contributed by atoms with Gasteiger partial charge < -0.3 is 15.2 Å². The highest BCUT2D eigenvalue weighted by atomic mass is 127. The molecule has 2 heterocycles. The first-order valence-electron chi connectivity index (χ1n) is 7.42. The lowest BCUT2D eigenvalue weighted by molar-refractivity contribution is 0.758. The van der Waals surface area contributed by atoms with Crippen molar-refractivity contribution in [3.63, 3.8) is 0 Å². The van der Waals surface area contributed by atoms with Crippen LogP contribution >= 0.6 is 35.3 Å². The summed E-state index contributed by atoms with van der Waals surface area (Å²) in [4.78, 5) is 10.3. The Morgan fingerprint density at radius 3 is 2.58 bits per heavy atom. The smallest absolute Gasteiger partial charge is 0.192 e. The van der Waals surface area contributed by atoms with Gasteiger partial charge in [0, 0.05) is 18.5 Å². The molecule has 0 aromatic carbocycles. The molecule has 0 aliphatic rings. The fourth-order valence-electron chi connectivity index (χ4n) is 1.86. The van der Waals surface area contributed by atoms with E-state index in [4.69, 9.17) is 0 Å². The van der Waals surface area contributed by atoms with Gasteiger partial charge in [-0.25, -0.2) is 9.98 Å². The Bertz CT molecular complexity index is 685. The fourth-order valence-corrected chi connectivity index (χ4v) is 2.73. The Morgan fingerprint density at radius 2 is 2.04 bits per heavy atom. The van der Waals surface area contributed by atoms with E-state index in [1.165, 1.54) is 4.88 Å². The molecule has 0 saturated carbocycles. The van der Waals surface area contributed by atoms with Crippen molar-refractivity contribution >= 4 is 41.3 Å². The second kappa shape index (κ2) is 9.72. The average Bonchev–Trinajstić information content (AvgIpc) is 3.02. The molecule has 0 amide bonds. The topological polar surface area (TPSA) is 80.0 Å². The molecular formula is C15H24IN7S. The van der Waals surface area contributed by atoms with Gasteiger partial charge in [-0.2, -0.15) is 0 Å². The normalized spacial score (nSPS) is 11.1. The number of nitrogens with zero attached hydrogens (tertiary/aromatic N) is 5. The molecule has 2 rings (SSSR count). The minimum Gasteiger partial charge on any atom is -0.353 e. The van der Waals surface area contributed by atoms with Gasteiger partial charge in [-0.1, -0.05) is 6.08 Å². The van der Waals surface area contributed by atoms with E-state index in [9.17, 15) is 0 Å². The first kappa shape index (κ1) is 20.6. The molecule has 0 bridgehead atoms. The Labute approximate surface area is 163 Å². The number of nitrogens with one attached hydrogen (secondary N) is 2. The number of halogens is 1. The monoisotopic (exact) mass is 461 g/mol. The van der Waals surface area contributed by atoms with Crippen LogP contribution in [0.2, 0.25) is 0 Å². The molecule has 2 aromatic rings. The van der Waals surface area contributed by atoms with Gasteiger partial charge in [0.1, 0.15) is 17.4 Å². The van der Waals surface area contributed by atoms with Gasteiger partial charge >= 0.3 is 0 Å². The molecule has 2 N–H and O–H groups in total. The van der Waals surface area contributed by atoms with Crippen LogP contribution < -0.4 is 10.6 Å². The summed E-state index contributed by atoms with van der Waals surface area (Å²) >= 11 is 1.70. The molecule has 2 aromatic heterocycles. The number of aliphatic imine (C=N–C) groups is 1. The number of rotatable bonds is 6. The van der Waals surface area contributed by atoms with Gasteiger partial charge in [0.25, 0.3) is 0 Å². The highest BCUT2D eigenvalue weighted by Crippen LogP contribution is 2.15. The van der Waals surface area contributed by atoms with Crippen molar-refractivity contribution in [2.24, 2.45) is 12.0 Å². The van der Waals surface area contributed by atoms with Crippen LogP contribution in [0.5, 0.6) is 0 Å². The van der Waals surface area contributed by atoms with Crippen LogP contribution in [-0.2, 0) is 20.1 Å². The van der Waals surface area contributed by atoms with Crippen molar-refractivity contribution in [2.45, 2.75) is 33.9 Å². The van der Waals surface area contributed by atoms with E-state index in [1.54, 1.807) is 17.4 Å². The second-order valence-electron chi connectivity index (χ2n) is 5.16. The van der Waals surface area contributed by atoms with E-state index in [2.05, 4.69) is 44.3 Å². The molecule has 0 saturated heterocycles. The maximum absolute atomic E-state index is 4.55. The van der Waals surface area contributed by atoms with E-state index in [0.717, 1.165) is 22.4 Å². The van der Waals surface area contributed by atoms with Crippen molar-refractivity contribution in [3.8, 4) is 0 Å². The van der Waals surface area contributed by atoms with Crippen molar-refractivity contribution in [1.82, 2.24) is 30.4 Å². The maximum Gasteiger partial charge on any atom is 0.192 e. The first-order chi connectivity index (χ1) is 11.0. The van der Waals surface area contributed by atoms with Crippen molar-refractivity contribution < 1.29 is 0 Å². The lowest BCUT2D eigenvalue weighted by Gasteiger charge is -2.10. The highest BCUT2D eigenvalue weighted by Gasteiger charge is 2.07. The molecule has 9 heteroatoms. The maximum atomic E-state index is 4.55. The first-order valence-corrected chi connectivity index (χ1v) is 8.23. The number of hydrogen-bond acceptors (Lipinski definition) is 5. The third-order valence-corrected chi connectivity index (χ3v) is 4.53. The van der Waals surface area contributed by atoms with Gasteiger partial charge in [-0.15, -0.1) is 52.1 Å². The third-order valence-electron chi connectivity index (χ3n) is 3.46. The molecule has 0 aliphatic heterocycles.